The van der Waals surface area contributed by atoms with Crippen LogP contribution in [-0.4, -0.2) is 21.5 Å². The molecule has 0 atom stereocenters. The maximum atomic E-state index is 13.7. The second-order valence-electron chi connectivity index (χ2n) is 3.67. The monoisotopic (exact) mass is 288 g/mol. The average Bonchev–Trinajstić information content (AvgIpc) is 2.32. The van der Waals surface area contributed by atoms with Gasteiger partial charge in [0.2, 0.25) is 10.0 Å². The minimum Gasteiger partial charge on any atom is -0.320 e. The minimum absolute atomic E-state index is 0.0417. The predicted molar refractivity (Wildman–Crippen MR) is 67.8 cm³/mol. The Bertz CT molecular complexity index is 619. The fraction of sp³-hybridized carbons (Fsp3) is 0.333. The molecular formula is C12H14F2N2O2S. The molecule has 19 heavy (non-hydrogen) atoms. The summed E-state index contributed by atoms with van der Waals surface area (Å²) in [5.41, 5.74) is 4.92. The van der Waals surface area contributed by atoms with Crippen LogP contribution in [0.15, 0.2) is 17.0 Å². The summed E-state index contributed by atoms with van der Waals surface area (Å²) in [7, 11) is -4.07. The molecule has 0 aliphatic heterocycles. The molecule has 0 heterocycles. The van der Waals surface area contributed by atoms with Gasteiger partial charge in [0.05, 0.1) is 12.1 Å². The lowest BCUT2D eigenvalue weighted by molar-refractivity contribution is 0.542. The van der Waals surface area contributed by atoms with Gasteiger partial charge in [-0.1, -0.05) is 18.8 Å². The van der Waals surface area contributed by atoms with Crippen LogP contribution in [0.1, 0.15) is 18.9 Å². The fourth-order valence-electron chi connectivity index (χ4n) is 1.38. The summed E-state index contributed by atoms with van der Waals surface area (Å²) < 4.78 is 52.9. The molecule has 1 aromatic carbocycles. The molecule has 4 nitrogen and oxygen atoms in total. The van der Waals surface area contributed by atoms with Crippen LogP contribution in [0.4, 0.5) is 8.78 Å². The highest BCUT2D eigenvalue weighted by molar-refractivity contribution is 7.89. The van der Waals surface area contributed by atoms with E-state index in [1.807, 2.05) is 0 Å². The number of nitrogens with two attached hydrogens (primary N) is 1. The van der Waals surface area contributed by atoms with Gasteiger partial charge >= 0.3 is 0 Å². The summed E-state index contributed by atoms with van der Waals surface area (Å²) in [4.78, 5) is -0.650. The van der Waals surface area contributed by atoms with Gasteiger partial charge < -0.3 is 5.73 Å². The van der Waals surface area contributed by atoms with E-state index in [4.69, 9.17) is 5.73 Å². The number of rotatable bonds is 4. The average molecular weight is 288 g/mol. The van der Waals surface area contributed by atoms with Gasteiger partial charge in [0.15, 0.2) is 0 Å². The van der Waals surface area contributed by atoms with Crippen LogP contribution >= 0.6 is 0 Å². The highest BCUT2D eigenvalue weighted by atomic mass is 32.2. The molecule has 3 N–H and O–H groups in total. The van der Waals surface area contributed by atoms with E-state index in [-0.39, 0.29) is 18.7 Å². The second-order valence-corrected chi connectivity index (χ2v) is 5.37. The summed E-state index contributed by atoms with van der Waals surface area (Å²) in [6.07, 6.45) is 0.547. The fourth-order valence-corrected chi connectivity index (χ4v) is 2.71. The Kier molecular flexibility index (Phi) is 5.42. The van der Waals surface area contributed by atoms with Gasteiger partial charge in [-0.05, 0) is 12.5 Å². The maximum absolute atomic E-state index is 13.7. The van der Waals surface area contributed by atoms with E-state index in [2.05, 4.69) is 16.6 Å². The SMILES string of the molecule is CCCNS(=O)(=O)c1c(F)cc(F)cc1C#CCN. The molecular weight excluding hydrogens is 274 g/mol. The maximum Gasteiger partial charge on any atom is 0.244 e. The molecule has 0 bridgehead atoms. The van der Waals surface area contributed by atoms with Crippen molar-refractivity contribution in [1.29, 1.82) is 0 Å². The minimum atomic E-state index is -4.07. The first kappa shape index (κ1) is 15.6. The first-order valence-electron chi connectivity index (χ1n) is 5.60. The Labute approximate surface area is 111 Å². The molecule has 0 aliphatic carbocycles. The van der Waals surface area contributed by atoms with Crippen molar-refractivity contribution in [3.63, 3.8) is 0 Å². The lowest BCUT2D eigenvalue weighted by Crippen LogP contribution is -2.26. The number of benzene rings is 1. The zero-order chi connectivity index (χ0) is 14.5. The lowest BCUT2D eigenvalue weighted by Gasteiger charge is -2.09. The third kappa shape index (κ3) is 3.99. The van der Waals surface area contributed by atoms with Crippen molar-refractivity contribution in [1.82, 2.24) is 4.72 Å². The largest absolute Gasteiger partial charge is 0.320 e. The summed E-state index contributed by atoms with van der Waals surface area (Å²) >= 11 is 0. The molecule has 0 radical (unpaired) electrons. The topological polar surface area (TPSA) is 72.2 Å². The Balaban J connectivity index is 3.40. The summed E-state index contributed by atoms with van der Waals surface area (Å²) in [5.74, 6) is 2.67. The van der Waals surface area contributed by atoms with Crippen LogP contribution in [0, 0.1) is 23.5 Å². The highest BCUT2D eigenvalue weighted by Gasteiger charge is 2.23. The summed E-state index contributed by atoms with van der Waals surface area (Å²) in [6.45, 7) is 1.88. The Hall–Kier alpha value is -1.49. The van der Waals surface area contributed by atoms with Crippen LogP contribution in [0.25, 0.3) is 0 Å². The zero-order valence-corrected chi connectivity index (χ0v) is 11.2. The standard InChI is InChI=1S/C12H14F2N2O2S/c1-2-6-16-19(17,18)12-9(4-3-5-15)7-10(13)8-11(12)14/h7-8,16H,2,5-6,15H2,1H3. The molecule has 0 saturated carbocycles. The van der Waals surface area contributed by atoms with Crippen molar-refractivity contribution in [2.24, 2.45) is 5.73 Å². The number of halogens is 2. The molecule has 7 heteroatoms. The van der Waals surface area contributed by atoms with Gasteiger partial charge in [0.25, 0.3) is 0 Å². The molecule has 0 aromatic heterocycles. The number of sulfonamides is 1. The van der Waals surface area contributed by atoms with E-state index in [9.17, 15) is 17.2 Å². The zero-order valence-electron chi connectivity index (χ0n) is 10.3. The smallest absolute Gasteiger partial charge is 0.244 e. The normalized spacial score (nSPS) is 10.9. The predicted octanol–water partition coefficient (Wildman–Crippen LogP) is 0.963. The molecule has 0 spiro atoms. The van der Waals surface area contributed by atoms with Crippen molar-refractivity contribution in [3.8, 4) is 11.8 Å². The van der Waals surface area contributed by atoms with Gasteiger partial charge in [-0.2, -0.15) is 0 Å². The van der Waals surface area contributed by atoms with E-state index >= 15 is 0 Å². The Morgan fingerprint density at radius 1 is 1.37 bits per heavy atom. The van der Waals surface area contributed by atoms with Crippen LogP contribution in [0.2, 0.25) is 0 Å². The van der Waals surface area contributed by atoms with Gasteiger partial charge in [0, 0.05) is 12.6 Å². The van der Waals surface area contributed by atoms with Crippen molar-refractivity contribution >= 4 is 10.0 Å². The van der Waals surface area contributed by atoms with Crippen LogP contribution < -0.4 is 10.5 Å². The van der Waals surface area contributed by atoms with Crippen molar-refractivity contribution in [3.05, 3.63) is 29.3 Å². The van der Waals surface area contributed by atoms with Crippen molar-refractivity contribution in [2.75, 3.05) is 13.1 Å². The van der Waals surface area contributed by atoms with Gasteiger partial charge in [0.1, 0.15) is 16.5 Å². The molecule has 104 valence electrons. The van der Waals surface area contributed by atoms with Gasteiger partial charge in [-0.3, -0.25) is 0 Å². The van der Waals surface area contributed by atoms with Gasteiger partial charge in [-0.15, -0.1) is 0 Å². The number of hydrogen-bond donors (Lipinski definition) is 2. The first-order valence-corrected chi connectivity index (χ1v) is 7.08. The Morgan fingerprint density at radius 2 is 2.05 bits per heavy atom. The third-order valence-corrected chi connectivity index (χ3v) is 3.68. The summed E-state index contributed by atoms with van der Waals surface area (Å²) in [6, 6.07) is 1.38. The van der Waals surface area contributed by atoms with E-state index in [1.165, 1.54) is 0 Å². The Morgan fingerprint density at radius 3 is 2.63 bits per heavy atom. The quantitative estimate of drug-likeness (QED) is 0.811. The molecule has 0 unspecified atom stereocenters. The summed E-state index contributed by atoms with van der Waals surface area (Å²) in [5, 5.41) is 0. The molecule has 0 saturated heterocycles. The molecule has 0 fully saturated rings. The van der Waals surface area contributed by atoms with Crippen molar-refractivity contribution < 1.29 is 17.2 Å². The van der Waals surface area contributed by atoms with E-state index in [1.54, 1.807) is 6.92 Å². The molecule has 0 aliphatic rings. The second kappa shape index (κ2) is 6.61. The van der Waals surface area contributed by atoms with E-state index in [0.717, 1.165) is 6.07 Å². The van der Waals surface area contributed by atoms with Gasteiger partial charge in [-0.25, -0.2) is 21.9 Å². The van der Waals surface area contributed by atoms with Crippen LogP contribution in [0.3, 0.4) is 0 Å². The third-order valence-electron chi connectivity index (χ3n) is 2.14. The van der Waals surface area contributed by atoms with E-state index in [0.29, 0.717) is 12.5 Å². The molecule has 0 amide bonds. The molecule has 1 aromatic rings. The number of nitrogens with one attached hydrogen (secondary N) is 1. The van der Waals surface area contributed by atoms with E-state index < -0.39 is 26.6 Å². The van der Waals surface area contributed by atoms with Crippen molar-refractivity contribution in [2.45, 2.75) is 18.2 Å². The lowest BCUT2D eigenvalue weighted by atomic mass is 10.2. The number of hydrogen-bond acceptors (Lipinski definition) is 3. The van der Waals surface area contributed by atoms with Crippen LogP contribution in [-0.2, 0) is 10.0 Å². The van der Waals surface area contributed by atoms with Crippen LogP contribution in [0.5, 0.6) is 0 Å². The molecule has 1 rings (SSSR count). The first-order chi connectivity index (χ1) is 8.92. The highest BCUT2D eigenvalue weighted by Crippen LogP contribution is 2.20.